The second-order valence-corrected chi connectivity index (χ2v) is 30.1. The molecule has 0 saturated carbocycles. The Hall–Kier alpha value is -2.97. The third-order valence-corrected chi connectivity index (χ3v) is 18.0. The van der Waals surface area contributed by atoms with Crippen LogP contribution in [0.5, 0.6) is 0 Å². The van der Waals surface area contributed by atoms with Gasteiger partial charge in [-0.1, -0.05) is 83.1 Å². The molecule has 0 bridgehead atoms. The number of hydrogen-bond donors (Lipinski definition) is 2. The Morgan fingerprint density at radius 2 is 0.621 bits per heavy atom. The number of piperazine rings is 5. The Kier molecular flexibility index (Phi) is 39.1. The second-order valence-electron chi connectivity index (χ2n) is 30.1. The molecule has 0 aromatic carbocycles. The maximum absolute atomic E-state index is 12.6. The molecule has 512 valence electrons. The van der Waals surface area contributed by atoms with Crippen LogP contribution in [0.15, 0.2) is 0 Å². The molecule has 4 N–H and O–H groups in total. The lowest BCUT2D eigenvalue weighted by atomic mass is 9.93. The van der Waals surface area contributed by atoms with Gasteiger partial charge in [-0.15, -0.1) is 0 Å². The van der Waals surface area contributed by atoms with Crippen molar-refractivity contribution in [3.05, 3.63) is 0 Å². The van der Waals surface area contributed by atoms with E-state index in [4.69, 9.17) is 11.5 Å². The first kappa shape index (κ1) is 82.0. The number of likely N-dealkylation sites (N-methyl/N-ethyl adjacent to an activating group) is 1. The van der Waals surface area contributed by atoms with Gasteiger partial charge in [0.1, 0.15) is 0 Å². The summed E-state index contributed by atoms with van der Waals surface area (Å²) in [4.78, 5) is 85.8. The average Bonchev–Trinajstić information content (AvgIpc) is 3.67. The number of carbonyl (C=O) groups is 5. The molecule has 0 spiro atoms. The minimum absolute atomic E-state index is 0.00981. The third kappa shape index (κ3) is 30.8. The van der Waals surface area contributed by atoms with E-state index >= 15 is 0 Å². The fourth-order valence-electron chi connectivity index (χ4n) is 12.2. The standard InChI is InChI=1S/C15H31N3O.C15H30N2O.C14H29N3O.C13H27N3O.C12H24N2O/c1-12(2)11-14(16(5)6)15(19)18-9-7-17(8-10-18)13(3)4;1-6-14(11-12(2)3)15(18)17-9-7-16(8-10-17)13(4)5;1-11(2)9-13(10-15)14(18)17-7-5-16(6-8-17)12(3)4;1-10(2)9-12(14)13(17)16-7-5-15(6-8-16)11(3)4;1-10(2)13-6-8-14(9-7-13)11(15)12(3,4)5/h12-14H,7-11H2,1-6H3;12-14H,6-11H2,1-5H3;11-13H,5-10,15H2,1-4H3;10-12H,5-9,14H2,1-4H3;10H,6-9H2,1-5H3. The van der Waals surface area contributed by atoms with Crippen molar-refractivity contribution >= 4 is 29.5 Å². The van der Waals surface area contributed by atoms with Crippen LogP contribution in [0, 0.1) is 40.9 Å². The first-order valence-electron chi connectivity index (χ1n) is 34.7. The Labute approximate surface area is 535 Å². The lowest BCUT2D eigenvalue weighted by Crippen LogP contribution is -2.55. The minimum Gasteiger partial charge on any atom is -0.340 e. The summed E-state index contributed by atoms with van der Waals surface area (Å²) in [5.74, 6) is 3.76. The summed E-state index contributed by atoms with van der Waals surface area (Å²) >= 11 is 0. The Morgan fingerprint density at radius 1 is 0.368 bits per heavy atom. The minimum atomic E-state index is -0.319. The Morgan fingerprint density at radius 3 is 0.862 bits per heavy atom. The number of amides is 5. The molecule has 18 heteroatoms. The summed E-state index contributed by atoms with van der Waals surface area (Å²) in [6.07, 6.45) is 4.63. The van der Waals surface area contributed by atoms with Crippen molar-refractivity contribution in [2.24, 2.45) is 52.4 Å². The van der Waals surface area contributed by atoms with Crippen LogP contribution in [0.4, 0.5) is 0 Å². The first-order valence-corrected chi connectivity index (χ1v) is 34.7. The highest BCUT2D eigenvalue weighted by Crippen LogP contribution is 2.22. The zero-order valence-electron chi connectivity index (χ0n) is 61.0. The lowest BCUT2D eigenvalue weighted by molar-refractivity contribution is -0.141. The molecule has 5 fully saturated rings. The summed E-state index contributed by atoms with van der Waals surface area (Å²) in [6.45, 7) is 66.7. The van der Waals surface area contributed by atoms with Gasteiger partial charge in [-0.2, -0.15) is 0 Å². The van der Waals surface area contributed by atoms with Gasteiger partial charge in [0.25, 0.3) is 0 Å². The molecule has 4 atom stereocenters. The lowest BCUT2D eigenvalue weighted by Gasteiger charge is -2.39. The molecule has 0 aromatic rings. The maximum atomic E-state index is 12.6. The van der Waals surface area contributed by atoms with Gasteiger partial charge in [0.05, 0.1) is 18.0 Å². The molecule has 4 unspecified atom stereocenters. The summed E-state index contributed by atoms with van der Waals surface area (Å²) in [5.41, 5.74) is 11.4. The van der Waals surface area contributed by atoms with Gasteiger partial charge < -0.3 is 36.0 Å². The van der Waals surface area contributed by atoms with Gasteiger partial charge in [0, 0.05) is 179 Å². The van der Waals surface area contributed by atoms with E-state index in [2.05, 4.69) is 166 Å². The summed E-state index contributed by atoms with van der Waals surface area (Å²) < 4.78 is 0. The zero-order valence-corrected chi connectivity index (χ0v) is 61.0. The van der Waals surface area contributed by atoms with Gasteiger partial charge in [-0.05, 0) is 139 Å². The molecule has 5 saturated heterocycles. The fourth-order valence-corrected chi connectivity index (χ4v) is 12.2. The monoisotopic (exact) mass is 1230 g/mol. The number of rotatable bonds is 20. The molecule has 87 heavy (non-hydrogen) atoms. The first-order chi connectivity index (χ1) is 40.5. The van der Waals surface area contributed by atoms with E-state index in [1.54, 1.807) is 0 Å². The van der Waals surface area contributed by atoms with E-state index in [0.717, 1.165) is 163 Å². The van der Waals surface area contributed by atoms with Crippen LogP contribution in [0.2, 0.25) is 0 Å². The smallest absolute Gasteiger partial charge is 0.240 e. The van der Waals surface area contributed by atoms with Crippen molar-refractivity contribution in [2.45, 2.75) is 227 Å². The van der Waals surface area contributed by atoms with Crippen LogP contribution >= 0.6 is 0 Å². The Balaban J connectivity index is 0.000000545. The van der Waals surface area contributed by atoms with Crippen molar-refractivity contribution in [1.29, 1.82) is 0 Å². The molecule has 5 heterocycles. The number of nitrogens with two attached hydrogens (primary N) is 2. The van der Waals surface area contributed by atoms with Crippen molar-refractivity contribution in [3.8, 4) is 0 Å². The van der Waals surface area contributed by atoms with Crippen LogP contribution in [0.1, 0.15) is 184 Å². The summed E-state index contributed by atoms with van der Waals surface area (Å²) in [6, 6.07) is 2.63. The highest BCUT2D eigenvalue weighted by atomic mass is 16.2. The number of nitrogens with zero attached hydrogens (tertiary/aromatic N) is 11. The van der Waals surface area contributed by atoms with Crippen molar-refractivity contribution in [1.82, 2.24) is 53.9 Å². The average molecular weight is 1230 g/mol. The molecule has 5 amide bonds. The van der Waals surface area contributed by atoms with Crippen LogP contribution in [0.3, 0.4) is 0 Å². The molecule has 0 aliphatic carbocycles. The third-order valence-electron chi connectivity index (χ3n) is 18.0. The van der Waals surface area contributed by atoms with Crippen molar-refractivity contribution in [3.63, 3.8) is 0 Å². The van der Waals surface area contributed by atoms with Crippen LogP contribution in [-0.2, 0) is 24.0 Å². The van der Waals surface area contributed by atoms with Crippen molar-refractivity contribution in [2.75, 3.05) is 152 Å². The van der Waals surface area contributed by atoms with E-state index in [1.807, 2.05) is 54.5 Å². The van der Waals surface area contributed by atoms with E-state index in [-0.39, 0.29) is 47.1 Å². The zero-order chi connectivity index (χ0) is 66.6. The van der Waals surface area contributed by atoms with Gasteiger partial charge in [0.2, 0.25) is 29.5 Å². The van der Waals surface area contributed by atoms with E-state index in [9.17, 15) is 24.0 Å². The van der Waals surface area contributed by atoms with Gasteiger partial charge in [-0.3, -0.25) is 53.4 Å². The molecule has 0 radical (unpaired) electrons. The van der Waals surface area contributed by atoms with Crippen LogP contribution in [-0.4, -0.2) is 277 Å². The van der Waals surface area contributed by atoms with Gasteiger partial charge in [-0.25, -0.2) is 0 Å². The van der Waals surface area contributed by atoms with E-state index < -0.39 is 0 Å². The van der Waals surface area contributed by atoms with Crippen LogP contribution in [0.25, 0.3) is 0 Å². The molecular weight excluding hydrogens is 1090 g/mol. The fraction of sp³-hybridized carbons (Fsp3) is 0.928. The molecule has 5 aliphatic rings. The predicted molar refractivity (Wildman–Crippen MR) is 365 cm³/mol. The summed E-state index contributed by atoms with van der Waals surface area (Å²) in [5, 5.41) is 0. The highest BCUT2D eigenvalue weighted by Gasteiger charge is 2.33. The largest absolute Gasteiger partial charge is 0.340 e. The molecule has 5 aliphatic heterocycles. The highest BCUT2D eigenvalue weighted by molar-refractivity contribution is 5.83. The van der Waals surface area contributed by atoms with Gasteiger partial charge in [0.15, 0.2) is 0 Å². The maximum Gasteiger partial charge on any atom is 0.240 e. The number of carbonyl (C=O) groups excluding carboxylic acids is 5. The second kappa shape index (κ2) is 41.5. The Bertz CT molecular complexity index is 1830. The molecule has 5 rings (SSSR count). The van der Waals surface area contributed by atoms with E-state index in [1.165, 1.54) is 0 Å². The summed E-state index contributed by atoms with van der Waals surface area (Å²) in [7, 11) is 4.02. The number of hydrogen-bond acceptors (Lipinski definition) is 13. The van der Waals surface area contributed by atoms with Crippen LogP contribution < -0.4 is 11.5 Å². The van der Waals surface area contributed by atoms with Crippen molar-refractivity contribution < 1.29 is 24.0 Å². The topological polar surface area (TPSA) is 173 Å². The molecular formula is C69H141N13O5. The van der Waals surface area contributed by atoms with E-state index in [0.29, 0.717) is 72.2 Å². The molecule has 18 nitrogen and oxygen atoms in total. The SMILES string of the molecule is CC(C)CC(C(=O)N1CCN(C(C)C)CC1)N(C)C.CC(C)CC(CN)C(=O)N1CCN(C(C)C)CC1.CC(C)CC(N)C(=O)N1CCN(C(C)C)CC1.CC(C)N1CCN(C(=O)C(C)(C)C)CC1.CCC(CC(C)C)C(=O)N1CCN(C(C)C)CC1. The quantitative estimate of drug-likeness (QED) is 0.121. The predicted octanol–water partition coefficient (Wildman–Crippen LogP) is 7.78. The normalized spacial score (nSPS) is 19.7. The van der Waals surface area contributed by atoms with Gasteiger partial charge >= 0.3 is 0 Å². The molecule has 0 aromatic heterocycles.